The van der Waals surface area contributed by atoms with Crippen LogP contribution in [0.5, 0.6) is 0 Å². The van der Waals surface area contributed by atoms with Crippen molar-refractivity contribution in [3.05, 3.63) is 60.0 Å². The van der Waals surface area contributed by atoms with Crippen molar-refractivity contribution in [1.82, 2.24) is 25.2 Å². The number of aromatic nitrogens is 3. The summed E-state index contributed by atoms with van der Waals surface area (Å²) in [7, 11) is 0. The molecule has 3 N–H and O–H groups in total. The van der Waals surface area contributed by atoms with Gasteiger partial charge in [-0.15, -0.1) is 10.2 Å². The molecule has 1 aliphatic heterocycles. The van der Waals surface area contributed by atoms with E-state index >= 15 is 0 Å². The van der Waals surface area contributed by atoms with Gasteiger partial charge in [0, 0.05) is 12.6 Å². The standard InChI is InChI=1S/C22H24N6O3S/c1-32-13-11-16(20-27-26-18-8-4-5-12-28(18)20)23-19(29)10-9-17-22(31)24-15-7-3-2-6-14(15)21(30)25-17/h2-8,12,16-17H,9-11,13H2,1H3,(H,23,29)(H,24,31)(H,25,30)/t16-,17-/m0/s1. The van der Waals surface area contributed by atoms with Gasteiger partial charge in [-0.05, 0) is 49.1 Å². The molecule has 0 saturated heterocycles. The zero-order chi connectivity index (χ0) is 22.5. The number of para-hydroxylation sites is 1. The minimum Gasteiger partial charge on any atom is -0.346 e. The first kappa shape index (κ1) is 21.8. The average Bonchev–Trinajstić information content (AvgIpc) is 3.18. The van der Waals surface area contributed by atoms with Gasteiger partial charge in [-0.3, -0.25) is 18.8 Å². The smallest absolute Gasteiger partial charge is 0.254 e. The predicted molar refractivity (Wildman–Crippen MR) is 122 cm³/mol. The summed E-state index contributed by atoms with van der Waals surface area (Å²) in [6.07, 6.45) is 4.84. The molecule has 1 aromatic carbocycles. The van der Waals surface area contributed by atoms with E-state index in [9.17, 15) is 14.4 Å². The summed E-state index contributed by atoms with van der Waals surface area (Å²) in [5, 5.41) is 17.0. The summed E-state index contributed by atoms with van der Waals surface area (Å²) < 4.78 is 1.86. The highest BCUT2D eigenvalue weighted by Gasteiger charge is 2.28. The van der Waals surface area contributed by atoms with Crippen LogP contribution >= 0.6 is 11.8 Å². The Morgan fingerprint density at radius 2 is 2.00 bits per heavy atom. The maximum Gasteiger partial charge on any atom is 0.254 e. The van der Waals surface area contributed by atoms with Gasteiger partial charge in [0.25, 0.3) is 5.91 Å². The van der Waals surface area contributed by atoms with Crippen molar-refractivity contribution >= 4 is 40.8 Å². The number of hydrogen-bond acceptors (Lipinski definition) is 6. The molecule has 2 atom stereocenters. The molecule has 0 unspecified atom stereocenters. The number of rotatable bonds is 8. The quantitative estimate of drug-likeness (QED) is 0.482. The van der Waals surface area contributed by atoms with Gasteiger partial charge in [0.15, 0.2) is 11.5 Å². The average molecular weight is 453 g/mol. The van der Waals surface area contributed by atoms with Crippen molar-refractivity contribution in [3.8, 4) is 0 Å². The molecule has 10 heteroatoms. The second kappa shape index (κ2) is 9.82. The molecule has 0 bridgehead atoms. The van der Waals surface area contributed by atoms with Gasteiger partial charge in [0.1, 0.15) is 6.04 Å². The Morgan fingerprint density at radius 1 is 1.19 bits per heavy atom. The number of benzene rings is 1. The molecule has 2 aromatic heterocycles. The monoisotopic (exact) mass is 452 g/mol. The maximum absolute atomic E-state index is 12.8. The van der Waals surface area contributed by atoms with Crippen LogP contribution in [0.1, 0.15) is 41.5 Å². The van der Waals surface area contributed by atoms with Crippen LogP contribution in [0.3, 0.4) is 0 Å². The van der Waals surface area contributed by atoms with E-state index in [4.69, 9.17) is 0 Å². The molecule has 166 valence electrons. The first-order valence-corrected chi connectivity index (χ1v) is 11.7. The van der Waals surface area contributed by atoms with Crippen molar-refractivity contribution < 1.29 is 14.4 Å². The third-order valence-electron chi connectivity index (χ3n) is 5.31. The fourth-order valence-corrected chi connectivity index (χ4v) is 4.13. The summed E-state index contributed by atoms with van der Waals surface area (Å²) in [5.74, 6) is 0.619. The van der Waals surface area contributed by atoms with Crippen LogP contribution in [-0.4, -0.2) is 50.4 Å². The Balaban J connectivity index is 1.41. The molecule has 1 aliphatic rings. The van der Waals surface area contributed by atoms with E-state index in [1.807, 2.05) is 35.1 Å². The lowest BCUT2D eigenvalue weighted by atomic mass is 10.1. The number of anilines is 1. The van der Waals surface area contributed by atoms with Gasteiger partial charge in [-0.2, -0.15) is 11.8 Å². The van der Waals surface area contributed by atoms with Crippen LogP contribution in [-0.2, 0) is 9.59 Å². The molecule has 0 fully saturated rings. The molecule has 0 saturated carbocycles. The van der Waals surface area contributed by atoms with E-state index in [2.05, 4.69) is 26.1 Å². The number of amides is 3. The molecular weight excluding hydrogens is 428 g/mol. The van der Waals surface area contributed by atoms with Crippen LogP contribution in [0.25, 0.3) is 5.65 Å². The molecule has 3 heterocycles. The van der Waals surface area contributed by atoms with Gasteiger partial charge < -0.3 is 16.0 Å². The first-order valence-electron chi connectivity index (χ1n) is 10.4. The zero-order valence-corrected chi connectivity index (χ0v) is 18.4. The first-order chi connectivity index (χ1) is 15.6. The molecular formula is C22H24N6O3S. The molecule has 3 amide bonds. The molecule has 0 radical (unpaired) electrons. The van der Waals surface area contributed by atoms with Crippen molar-refractivity contribution in [2.45, 2.75) is 31.3 Å². The summed E-state index contributed by atoms with van der Waals surface area (Å²) in [6, 6.07) is 11.3. The van der Waals surface area contributed by atoms with Crippen LogP contribution in [0.4, 0.5) is 5.69 Å². The summed E-state index contributed by atoms with van der Waals surface area (Å²) >= 11 is 1.68. The lowest BCUT2D eigenvalue weighted by Crippen LogP contribution is -2.42. The number of hydrogen-bond donors (Lipinski definition) is 3. The predicted octanol–water partition coefficient (Wildman–Crippen LogP) is 2.17. The molecule has 4 rings (SSSR count). The van der Waals surface area contributed by atoms with Gasteiger partial charge in [-0.1, -0.05) is 18.2 Å². The fraction of sp³-hybridized carbons (Fsp3) is 0.318. The lowest BCUT2D eigenvalue weighted by molar-refractivity contribution is -0.122. The third-order valence-corrected chi connectivity index (χ3v) is 5.95. The summed E-state index contributed by atoms with van der Waals surface area (Å²) in [4.78, 5) is 37.8. The highest BCUT2D eigenvalue weighted by molar-refractivity contribution is 7.98. The fourth-order valence-electron chi connectivity index (χ4n) is 3.66. The van der Waals surface area contributed by atoms with Crippen molar-refractivity contribution in [3.63, 3.8) is 0 Å². The van der Waals surface area contributed by atoms with Crippen LogP contribution in [0.2, 0.25) is 0 Å². The Hall–Kier alpha value is -3.40. The van der Waals surface area contributed by atoms with E-state index in [-0.39, 0.29) is 36.6 Å². The second-order valence-electron chi connectivity index (χ2n) is 7.49. The van der Waals surface area contributed by atoms with Crippen molar-refractivity contribution in [2.75, 3.05) is 17.3 Å². The maximum atomic E-state index is 12.8. The summed E-state index contributed by atoms with van der Waals surface area (Å²) in [6.45, 7) is 0. The SMILES string of the molecule is CSCC[C@H](NC(=O)CC[C@@H]1NC(=O)c2ccccc2NC1=O)c1nnc2ccccn12. The topological polar surface area (TPSA) is 117 Å². The van der Waals surface area contributed by atoms with E-state index in [1.165, 1.54) is 0 Å². The minimum atomic E-state index is -0.792. The van der Waals surface area contributed by atoms with Crippen LogP contribution < -0.4 is 16.0 Å². The molecule has 32 heavy (non-hydrogen) atoms. The number of pyridine rings is 1. The summed E-state index contributed by atoms with van der Waals surface area (Å²) in [5.41, 5.74) is 1.59. The van der Waals surface area contributed by atoms with Crippen molar-refractivity contribution in [1.29, 1.82) is 0 Å². The highest BCUT2D eigenvalue weighted by atomic mass is 32.2. The molecule has 0 aliphatic carbocycles. The number of fused-ring (bicyclic) bond motifs is 2. The van der Waals surface area contributed by atoms with E-state index in [1.54, 1.807) is 36.0 Å². The Morgan fingerprint density at radius 3 is 2.84 bits per heavy atom. The van der Waals surface area contributed by atoms with E-state index < -0.39 is 6.04 Å². The van der Waals surface area contributed by atoms with Gasteiger partial charge in [0.05, 0.1) is 17.3 Å². The van der Waals surface area contributed by atoms with Gasteiger partial charge >= 0.3 is 0 Å². The largest absolute Gasteiger partial charge is 0.346 e. The second-order valence-corrected chi connectivity index (χ2v) is 8.47. The third kappa shape index (κ3) is 4.75. The number of thioether (sulfide) groups is 1. The Labute approximate surface area is 189 Å². The number of carbonyl (C=O) groups excluding carboxylic acids is 3. The highest BCUT2D eigenvalue weighted by Crippen LogP contribution is 2.21. The van der Waals surface area contributed by atoms with Crippen LogP contribution in [0, 0.1) is 0 Å². The lowest BCUT2D eigenvalue weighted by Gasteiger charge is -2.18. The normalized spacial score (nSPS) is 16.6. The molecule has 9 nitrogen and oxygen atoms in total. The zero-order valence-electron chi connectivity index (χ0n) is 17.6. The molecule has 3 aromatic rings. The number of nitrogens with one attached hydrogen (secondary N) is 3. The van der Waals surface area contributed by atoms with Gasteiger partial charge in [0.2, 0.25) is 11.8 Å². The van der Waals surface area contributed by atoms with Crippen LogP contribution in [0.15, 0.2) is 48.7 Å². The Kier molecular flexibility index (Phi) is 6.69. The van der Waals surface area contributed by atoms with Gasteiger partial charge in [-0.25, -0.2) is 0 Å². The number of carbonyl (C=O) groups is 3. The van der Waals surface area contributed by atoms with Crippen molar-refractivity contribution in [2.24, 2.45) is 0 Å². The Bertz CT molecular complexity index is 1150. The van der Waals surface area contributed by atoms with E-state index in [0.717, 1.165) is 5.75 Å². The molecule has 0 spiro atoms. The van der Waals surface area contributed by atoms with E-state index in [0.29, 0.717) is 29.1 Å². The number of nitrogens with zero attached hydrogens (tertiary/aromatic N) is 3. The minimum absolute atomic E-state index is 0.0845.